The Morgan fingerprint density at radius 1 is 0.952 bits per heavy atom. The third kappa shape index (κ3) is 3.05. The third-order valence-corrected chi connectivity index (χ3v) is 4.53. The Balaban J connectivity index is 2.53. The van der Waals surface area contributed by atoms with E-state index in [0.717, 1.165) is 11.1 Å². The van der Waals surface area contributed by atoms with Gasteiger partial charge < -0.3 is 9.47 Å². The van der Waals surface area contributed by atoms with Crippen LogP contribution in [0.3, 0.4) is 0 Å². The molecule has 0 aliphatic heterocycles. The van der Waals surface area contributed by atoms with E-state index in [2.05, 4.69) is 15.9 Å². The van der Waals surface area contributed by atoms with Gasteiger partial charge in [0.05, 0.1) is 19.0 Å². The lowest BCUT2D eigenvalue weighted by atomic mass is 9.98. The maximum Gasteiger partial charge on any atom is 0.161 e. The van der Waals surface area contributed by atoms with Crippen molar-refractivity contribution in [3.8, 4) is 11.5 Å². The smallest absolute Gasteiger partial charge is 0.161 e. The first-order valence-electron chi connectivity index (χ1n) is 6.61. The molecule has 2 aromatic rings. The second-order valence-electron chi connectivity index (χ2n) is 4.90. The van der Waals surface area contributed by atoms with Crippen LogP contribution >= 0.6 is 15.9 Å². The average Bonchev–Trinajstić information content (AvgIpc) is 2.49. The zero-order valence-corrected chi connectivity index (χ0v) is 14.1. The minimum Gasteiger partial charge on any atom is -0.493 e. The van der Waals surface area contributed by atoms with Gasteiger partial charge in [-0.1, -0.05) is 34.1 Å². The second-order valence-corrected chi connectivity index (χ2v) is 5.82. The largest absolute Gasteiger partial charge is 0.493 e. The SMILES string of the molecule is COc1cc(C)c(C(Br)c2cccc(C)c2F)cc1OC. The fourth-order valence-corrected chi connectivity index (χ4v) is 3.15. The molecule has 112 valence electrons. The van der Waals surface area contributed by atoms with E-state index in [4.69, 9.17) is 9.47 Å². The second kappa shape index (κ2) is 6.48. The molecule has 0 heterocycles. The van der Waals surface area contributed by atoms with Crippen LogP contribution in [0.4, 0.5) is 4.39 Å². The highest BCUT2D eigenvalue weighted by Gasteiger charge is 2.20. The first-order chi connectivity index (χ1) is 9.99. The van der Waals surface area contributed by atoms with Crippen LogP contribution in [-0.2, 0) is 0 Å². The summed E-state index contributed by atoms with van der Waals surface area (Å²) >= 11 is 3.60. The van der Waals surface area contributed by atoms with Crippen molar-refractivity contribution in [3.63, 3.8) is 0 Å². The zero-order chi connectivity index (χ0) is 15.6. The van der Waals surface area contributed by atoms with Gasteiger partial charge in [0.2, 0.25) is 0 Å². The van der Waals surface area contributed by atoms with Gasteiger partial charge in [0.15, 0.2) is 11.5 Å². The molecular weight excluding hydrogens is 335 g/mol. The topological polar surface area (TPSA) is 18.5 Å². The predicted octanol–water partition coefficient (Wildman–Crippen LogP) is 4.94. The van der Waals surface area contributed by atoms with Gasteiger partial charge in [-0.3, -0.25) is 0 Å². The molecule has 0 saturated carbocycles. The van der Waals surface area contributed by atoms with Crippen molar-refractivity contribution in [2.24, 2.45) is 0 Å². The fourth-order valence-electron chi connectivity index (χ4n) is 2.30. The van der Waals surface area contributed by atoms with Crippen molar-refractivity contribution in [1.82, 2.24) is 0 Å². The molecule has 2 aromatic carbocycles. The van der Waals surface area contributed by atoms with Crippen molar-refractivity contribution in [2.45, 2.75) is 18.7 Å². The predicted molar refractivity (Wildman–Crippen MR) is 86.2 cm³/mol. The minimum absolute atomic E-state index is 0.187. The van der Waals surface area contributed by atoms with Crippen molar-refractivity contribution in [2.75, 3.05) is 14.2 Å². The Morgan fingerprint density at radius 2 is 1.57 bits per heavy atom. The molecule has 0 aliphatic carbocycles. The summed E-state index contributed by atoms with van der Waals surface area (Å²) in [5, 5.41) is 0. The maximum absolute atomic E-state index is 14.3. The van der Waals surface area contributed by atoms with Crippen LogP contribution in [-0.4, -0.2) is 14.2 Å². The van der Waals surface area contributed by atoms with Gasteiger partial charge in [0, 0.05) is 5.56 Å². The summed E-state index contributed by atoms with van der Waals surface area (Å²) in [6, 6.07) is 9.20. The van der Waals surface area contributed by atoms with E-state index in [1.165, 1.54) is 0 Å². The fraction of sp³-hybridized carbons (Fsp3) is 0.294. The lowest BCUT2D eigenvalue weighted by Crippen LogP contribution is -2.02. The zero-order valence-electron chi connectivity index (χ0n) is 12.5. The molecule has 21 heavy (non-hydrogen) atoms. The van der Waals surface area contributed by atoms with E-state index in [0.29, 0.717) is 22.6 Å². The molecule has 4 heteroatoms. The van der Waals surface area contributed by atoms with Crippen LogP contribution in [0.5, 0.6) is 11.5 Å². The highest BCUT2D eigenvalue weighted by Crippen LogP contribution is 2.40. The molecule has 0 saturated heterocycles. The molecule has 0 amide bonds. The lowest BCUT2D eigenvalue weighted by molar-refractivity contribution is 0.354. The molecule has 0 spiro atoms. The summed E-state index contributed by atoms with van der Waals surface area (Å²) < 4.78 is 24.9. The Hall–Kier alpha value is -1.55. The summed E-state index contributed by atoms with van der Waals surface area (Å²) in [5.41, 5.74) is 3.22. The number of alkyl halides is 1. The monoisotopic (exact) mass is 352 g/mol. The van der Waals surface area contributed by atoms with Crippen molar-refractivity contribution < 1.29 is 13.9 Å². The van der Waals surface area contributed by atoms with Gasteiger partial charge in [-0.05, 0) is 42.7 Å². The van der Waals surface area contributed by atoms with Gasteiger partial charge in [0.25, 0.3) is 0 Å². The molecule has 0 fully saturated rings. The van der Waals surface area contributed by atoms with Crippen LogP contribution in [0.2, 0.25) is 0 Å². The summed E-state index contributed by atoms with van der Waals surface area (Å²) in [6.45, 7) is 3.74. The van der Waals surface area contributed by atoms with Gasteiger partial charge in [-0.15, -0.1) is 0 Å². The first-order valence-corrected chi connectivity index (χ1v) is 7.52. The van der Waals surface area contributed by atoms with Crippen LogP contribution in [0.15, 0.2) is 30.3 Å². The Morgan fingerprint density at radius 3 is 2.19 bits per heavy atom. The van der Waals surface area contributed by atoms with Crippen LogP contribution in [0.25, 0.3) is 0 Å². The van der Waals surface area contributed by atoms with Crippen molar-refractivity contribution in [1.29, 1.82) is 0 Å². The molecular formula is C17H18BrFO2. The Labute approximate surface area is 133 Å². The third-order valence-electron chi connectivity index (χ3n) is 3.54. The molecule has 0 radical (unpaired) electrons. The lowest BCUT2D eigenvalue weighted by Gasteiger charge is -2.18. The average molecular weight is 353 g/mol. The van der Waals surface area contributed by atoms with Crippen LogP contribution < -0.4 is 9.47 Å². The molecule has 1 atom stereocenters. The molecule has 0 aliphatic rings. The van der Waals surface area contributed by atoms with Crippen molar-refractivity contribution in [3.05, 3.63) is 58.4 Å². The normalized spacial score (nSPS) is 12.1. The molecule has 2 nitrogen and oxygen atoms in total. The number of methoxy groups -OCH3 is 2. The van der Waals surface area contributed by atoms with E-state index in [1.54, 1.807) is 33.3 Å². The quantitative estimate of drug-likeness (QED) is 0.725. The van der Waals surface area contributed by atoms with Gasteiger partial charge in [-0.25, -0.2) is 4.39 Å². The standard InChI is InChI=1S/C17H18BrFO2/c1-10-6-5-7-12(17(10)19)16(18)13-9-15(21-4)14(20-3)8-11(13)2/h5-9,16H,1-4H3. The highest BCUT2D eigenvalue weighted by molar-refractivity contribution is 9.09. The first kappa shape index (κ1) is 15.8. The maximum atomic E-state index is 14.3. The minimum atomic E-state index is -0.239. The molecule has 0 aromatic heterocycles. The number of benzene rings is 2. The van der Waals surface area contributed by atoms with E-state index >= 15 is 0 Å². The Bertz CT molecular complexity index is 655. The van der Waals surface area contributed by atoms with Gasteiger partial charge in [0.1, 0.15) is 5.82 Å². The number of halogens is 2. The van der Waals surface area contributed by atoms with Crippen LogP contribution in [0, 0.1) is 19.7 Å². The number of hydrogen-bond acceptors (Lipinski definition) is 2. The summed E-state index contributed by atoms with van der Waals surface area (Å²) in [5.74, 6) is 1.12. The number of ether oxygens (including phenoxy) is 2. The summed E-state index contributed by atoms with van der Waals surface area (Å²) in [6.07, 6.45) is 0. The van der Waals surface area contributed by atoms with E-state index in [1.807, 2.05) is 25.1 Å². The number of aryl methyl sites for hydroxylation is 2. The molecule has 2 rings (SSSR count). The van der Waals surface area contributed by atoms with Gasteiger partial charge in [-0.2, -0.15) is 0 Å². The Kier molecular flexibility index (Phi) is 4.88. The van der Waals surface area contributed by atoms with E-state index in [9.17, 15) is 4.39 Å². The molecule has 0 bridgehead atoms. The summed E-state index contributed by atoms with van der Waals surface area (Å²) in [4.78, 5) is -0.239. The number of hydrogen-bond donors (Lipinski definition) is 0. The molecule has 1 unspecified atom stereocenters. The van der Waals surface area contributed by atoms with Crippen LogP contribution in [0.1, 0.15) is 27.1 Å². The highest BCUT2D eigenvalue weighted by atomic mass is 79.9. The summed E-state index contributed by atoms with van der Waals surface area (Å²) in [7, 11) is 3.19. The van der Waals surface area contributed by atoms with E-state index < -0.39 is 0 Å². The van der Waals surface area contributed by atoms with Crippen molar-refractivity contribution >= 4 is 15.9 Å². The van der Waals surface area contributed by atoms with E-state index in [-0.39, 0.29) is 10.6 Å². The number of rotatable bonds is 4. The van der Waals surface area contributed by atoms with Gasteiger partial charge >= 0.3 is 0 Å². The molecule has 0 N–H and O–H groups in total.